The van der Waals surface area contributed by atoms with Crippen LogP contribution in [-0.4, -0.2) is 27.6 Å². The van der Waals surface area contributed by atoms with Crippen molar-refractivity contribution in [3.05, 3.63) is 35.9 Å². The van der Waals surface area contributed by atoms with Crippen molar-refractivity contribution in [1.29, 1.82) is 0 Å². The summed E-state index contributed by atoms with van der Waals surface area (Å²) in [5.74, 6) is -0.765. The molecule has 1 aliphatic rings. The van der Waals surface area contributed by atoms with Gasteiger partial charge >= 0.3 is 0 Å². The summed E-state index contributed by atoms with van der Waals surface area (Å²) in [5, 5.41) is 12.1. The van der Waals surface area contributed by atoms with Crippen molar-refractivity contribution < 1.29 is 14.8 Å². The molecule has 2 amide bonds. The van der Waals surface area contributed by atoms with Crippen LogP contribution in [0, 0.1) is 5.41 Å². The molecule has 1 fully saturated rings. The summed E-state index contributed by atoms with van der Waals surface area (Å²) >= 11 is 0. The Morgan fingerprint density at radius 1 is 1.26 bits per heavy atom. The van der Waals surface area contributed by atoms with E-state index in [4.69, 9.17) is 5.21 Å². The first-order valence-corrected chi connectivity index (χ1v) is 6.07. The van der Waals surface area contributed by atoms with E-state index in [2.05, 4.69) is 5.16 Å². The van der Waals surface area contributed by atoms with Gasteiger partial charge in [-0.1, -0.05) is 49.3 Å². The topological polar surface area (TPSA) is 70.0 Å². The van der Waals surface area contributed by atoms with E-state index >= 15 is 0 Å². The van der Waals surface area contributed by atoms with Crippen molar-refractivity contribution in [1.82, 2.24) is 4.90 Å². The number of benzene rings is 1. The number of likely N-dealkylation sites (tertiary alicyclic amines) is 1. The summed E-state index contributed by atoms with van der Waals surface area (Å²) < 4.78 is 0. The highest BCUT2D eigenvalue weighted by Gasteiger charge is 2.44. The fourth-order valence-electron chi connectivity index (χ4n) is 2.19. The maximum atomic E-state index is 12.2. The number of nitrogens with zero attached hydrogens (tertiary/aromatic N) is 2. The molecular formula is C14H16N2O3. The lowest BCUT2D eigenvalue weighted by Gasteiger charge is -2.35. The Morgan fingerprint density at radius 3 is 2.47 bits per heavy atom. The largest absolute Gasteiger partial charge is 0.410 e. The molecule has 0 aromatic heterocycles. The molecule has 1 N–H and O–H groups in total. The Kier molecular flexibility index (Phi) is 3.38. The summed E-state index contributed by atoms with van der Waals surface area (Å²) in [4.78, 5) is 25.4. The van der Waals surface area contributed by atoms with Gasteiger partial charge in [-0.2, -0.15) is 0 Å². The lowest BCUT2D eigenvalue weighted by atomic mass is 9.79. The van der Waals surface area contributed by atoms with Gasteiger partial charge in [0.05, 0.1) is 6.54 Å². The zero-order valence-corrected chi connectivity index (χ0v) is 11.0. The van der Waals surface area contributed by atoms with Crippen LogP contribution in [0.5, 0.6) is 0 Å². The maximum Gasteiger partial charge on any atom is 0.279 e. The molecule has 0 radical (unpaired) electrons. The third-order valence-electron chi connectivity index (χ3n) is 3.27. The second-order valence-electron chi connectivity index (χ2n) is 5.28. The van der Waals surface area contributed by atoms with E-state index in [-0.39, 0.29) is 24.6 Å². The molecule has 100 valence electrons. The van der Waals surface area contributed by atoms with Gasteiger partial charge in [-0.15, -0.1) is 0 Å². The second-order valence-corrected chi connectivity index (χ2v) is 5.28. The van der Waals surface area contributed by atoms with Gasteiger partial charge in [0.2, 0.25) is 5.91 Å². The van der Waals surface area contributed by atoms with Gasteiger partial charge in [-0.05, 0) is 5.56 Å². The average molecular weight is 260 g/mol. The van der Waals surface area contributed by atoms with Crippen molar-refractivity contribution in [3.8, 4) is 0 Å². The molecule has 0 saturated carbocycles. The molecule has 1 heterocycles. The van der Waals surface area contributed by atoms with Crippen molar-refractivity contribution in [3.63, 3.8) is 0 Å². The number of rotatable bonds is 2. The van der Waals surface area contributed by atoms with Crippen LogP contribution in [0.15, 0.2) is 35.5 Å². The molecule has 1 saturated heterocycles. The molecule has 0 atom stereocenters. The van der Waals surface area contributed by atoms with Crippen LogP contribution in [0.2, 0.25) is 0 Å². The molecule has 1 aromatic rings. The van der Waals surface area contributed by atoms with Gasteiger partial charge in [-0.3, -0.25) is 14.5 Å². The van der Waals surface area contributed by atoms with Crippen LogP contribution < -0.4 is 0 Å². The molecule has 19 heavy (non-hydrogen) atoms. The van der Waals surface area contributed by atoms with Gasteiger partial charge in [0.25, 0.3) is 5.91 Å². The van der Waals surface area contributed by atoms with Crippen molar-refractivity contribution in [2.75, 3.05) is 0 Å². The fourth-order valence-corrected chi connectivity index (χ4v) is 2.19. The van der Waals surface area contributed by atoms with E-state index in [1.807, 2.05) is 30.3 Å². The highest BCUT2D eigenvalue weighted by molar-refractivity contribution is 6.44. The molecular weight excluding hydrogens is 244 g/mol. The number of carbonyl (C=O) groups excluding carboxylic acids is 2. The van der Waals surface area contributed by atoms with E-state index in [1.54, 1.807) is 13.8 Å². The van der Waals surface area contributed by atoms with Crippen LogP contribution in [0.3, 0.4) is 0 Å². The average Bonchev–Trinajstić information content (AvgIpc) is 2.35. The molecule has 2 rings (SSSR count). The molecule has 1 aromatic carbocycles. The molecule has 1 aliphatic heterocycles. The lowest BCUT2D eigenvalue weighted by Crippen LogP contribution is -2.52. The Labute approximate surface area is 111 Å². The number of oxime groups is 1. The first-order valence-electron chi connectivity index (χ1n) is 6.07. The van der Waals surface area contributed by atoms with Crippen LogP contribution in [0.4, 0.5) is 0 Å². The number of piperidine rings is 1. The molecule has 0 aliphatic carbocycles. The highest BCUT2D eigenvalue weighted by Crippen LogP contribution is 2.30. The van der Waals surface area contributed by atoms with Gasteiger partial charge in [0.15, 0.2) is 5.71 Å². The predicted molar refractivity (Wildman–Crippen MR) is 69.6 cm³/mol. The number of hydrogen-bond donors (Lipinski definition) is 1. The Morgan fingerprint density at radius 2 is 1.89 bits per heavy atom. The minimum atomic E-state index is -0.726. The smallest absolute Gasteiger partial charge is 0.279 e. The van der Waals surface area contributed by atoms with E-state index in [0.717, 1.165) is 10.5 Å². The Balaban J connectivity index is 2.27. The first kappa shape index (κ1) is 13.3. The predicted octanol–water partition coefficient (Wildman–Crippen LogP) is 1.80. The zero-order chi connectivity index (χ0) is 14.0. The number of carbonyl (C=O) groups is 2. The van der Waals surface area contributed by atoms with Crippen LogP contribution in [0.25, 0.3) is 0 Å². The van der Waals surface area contributed by atoms with Gasteiger partial charge in [-0.25, -0.2) is 0 Å². The third-order valence-corrected chi connectivity index (χ3v) is 3.27. The van der Waals surface area contributed by atoms with Crippen molar-refractivity contribution in [2.24, 2.45) is 10.6 Å². The lowest BCUT2D eigenvalue weighted by molar-refractivity contribution is -0.145. The van der Waals surface area contributed by atoms with Crippen LogP contribution >= 0.6 is 0 Å². The van der Waals surface area contributed by atoms with Crippen molar-refractivity contribution in [2.45, 2.75) is 26.8 Å². The van der Waals surface area contributed by atoms with E-state index in [9.17, 15) is 9.59 Å². The number of amides is 2. The summed E-state index contributed by atoms with van der Waals surface area (Å²) in [6.07, 6.45) is 0.158. The number of hydrogen-bond acceptors (Lipinski definition) is 4. The molecule has 0 spiro atoms. The summed E-state index contributed by atoms with van der Waals surface area (Å²) in [5.41, 5.74) is 0.167. The summed E-state index contributed by atoms with van der Waals surface area (Å²) in [6.45, 7) is 3.64. The second kappa shape index (κ2) is 4.84. The van der Waals surface area contributed by atoms with Crippen molar-refractivity contribution >= 4 is 17.5 Å². The first-order chi connectivity index (χ1) is 8.95. The third kappa shape index (κ3) is 2.50. The molecule has 0 bridgehead atoms. The standard InChI is InChI=1S/C14H16N2O3/c1-14(2)8-11(17)16(13(18)12(14)15-19)9-10-6-4-3-5-7-10/h3-7,19H,8-9H2,1-2H3. The summed E-state index contributed by atoms with van der Waals surface area (Å²) in [7, 11) is 0. The quantitative estimate of drug-likeness (QED) is 0.501. The minimum Gasteiger partial charge on any atom is -0.410 e. The van der Waals surface area contributed by atoms with Crippen LogP contribution in [-0.2, 0) is 16.1 Å². The van der Waals surface area contributed by atoms with E-state index in [1.165, 1.54) is 0 Å². The fraction of sp³-hybridized carbons (Fsp3) is 0.357. The van der Waals surface area contributed by atoms with Crippen LogP contribution in [0.1, 0.15) is 25.8 Å². The molecule has 0 unspecified atom stereocenters. The van der Waals surface area contributed by atoms with Gasteiger partial charge in [0.1, 0.15) is 0 Å². The monoisotopic (exact) mass is 260 g/mol. The normalized spacial score (nSPS) is 20.9. The molecule has 5 heteroatoms. The van der Waals surface area contributed by atoms with E-state index < -0.39 is 11.3 Å². The Hall–Kier alpha value is -2.17. The zero-order valence-electron chi connectivity index (χ0n) is 11.0. The Bertz CT molecular complexity index is 535. The maximum absolute atomic E-state index is 12.2. The number of imide groups is 1. The van der Waals surface area contributed by atoms with E-state index in [0.29, 0.717) is 0 Å². The minimum absolute atomic E-state index is 0.0306. The van der Waals surface area contributed by atoms with Gasteiger partial charge < -0.3 is 5.21 Å². The SMILES string of the molecule is CC1(C)CC(=O)N(Cc2ccccc2)C(=O)C1=NO. The highest BCUT2D eigenvalue weighted by atomic mass is 16.4. The van der Waals surface area contributed by atoms with Gasteiger partial charge in [0, 0.05) is 11.8 Å². The summed E-state index contributed by atoms with van der Waals surface area (Å²) in [6, 6.07) is 9.25. The molecule has 5 nitrogen and oxygen atoms in total.